The summed E-state index contributed by atoms with van der Waals surface area (Å²) in [4.78, 5) is 14.1. The van der Waals surface area contributed by atoms with Crippen LogP contribution in [0.4, 0.5) is 0 Å². The van der Waals surface area contributed by atoms with E-state index in [1.165, 1.54) is 12.1 Å². The molecular formula is C13H15Cl2NO2. The Hall–Kier alpha value is -0.930. The summed E-state index contributed by atoms with van der Waals surface area (Å²) in [6.45, 7) is 3.66. The second-order valence-electron chi connectivity index (χ2n) is 4.79. The Morgan fingerprint density at radius 1 is 1.39 bits per heavy atom. The quantitative estimate of drug-likeness (QED) is 0.858. The third-order valence-corrected chi connectivity index (χ3v) is 3.78. The Morgan fingerprint density at radius 3 is 2.56 bits per heavy atom. The van der Waals surface area contributed by atoms with Gasteiger partial charge in [0.05, 0.1) is 10.0 Å². The van der Waals surface area contributed by atoms with Crippen LogP contribution in [0.5, 0.6) is 5.75 Å². The molecule has 1 aliphatic rings. The van der Waals surface area contributed by atoms with Crippen molar-refractivity contribution in [2.45, 2.75) is 19.8 Å². The first-order chi connectivity index (χ1) is 8.49. The molecule has 0 aromatic heterocycles. The Morgan fingerprint density at radius 2 is 2.00 bits per heavy atom. The lowest BCUT2D eigenvalue weighted by molar-refractivity contribution is 0.0683. The Balaban J connectivity index is 2.23. The van der Waals surface area contributed by atoms with Crippen molar-refractivity contribution < 1.29 is 9.90 Å². The van der Waals surface area contributed by atoms with E-state index in [4.69, 9.17) is 23.2 Å². The number of aromatic hydroxyl groups is 1. The average Bonchev–Trinajstić information content (AvgIpc) is 2.34. The molecule has 2 rings (SSSR count). The highest BCUT2D eigenvalue weighted by Gasteiger charge is 2.23. The number of carbonyl (C=O) groups excluding carboxylic acids is 1. The lowest BCUT2D eigenvalue weighted by Gasteiger charge is -2.31. The summed E-state index contributed by atoms with van der Waals surface area (Å²) in [6, 6.07) is 2.93. The molecular weight excluding hydrogens is 273 g/mol. The van der Waals surface area contributed by atoms with Crippen molar-refractivity contribution in [3.05, 3.63) is 27.7 Å². The zero-order valence-electron chi connectivity index (χ0n) is 10.1. The van der Waals surface area contributed by atoms with E-state index in [2.05, 4.69) is 6.92 Å². The van der Waals surface area contributed by atoms with Gasteiger partial charge in [-0.3, -0.25) is 4.79 Å². The van der Waals surface area contributed by atoms with Crippen LogP contribution in [-0.4, -0.2) is 29.0 Å². The van der Waals surface area contributed by atoms with Gasteiger partial charge in [0, 0.05) is 18.7 Å². The van der Waals surface area contributed by atoms with Crippen molar-refractivity contribution >= 4 is 29.1 Å². The molecule has 0 spiro atoms. The zero-order chi connectivity index (χ0) is 13.3. The van der Waals surface area contributed by atoms with Crippen LogP contribution in [0.3, 0.4) is 0 Å². The summed E-state index contributed by atoms with van der Waals surface area (Å²) in [5, 5.41) is 9.69. The van der Waals surface area contributed by atoms with Crippen LogP contribution in [-0.2, 0) is 0 Å². The van der Waals surface area contributed by atoms with Crippen LogP contribution in [0.25, 0.3) is 0 Å². The molecule has 0 radical (unpaired) electrons. The highest BCUT2D eigenvalue weighted by molar-refractivity contribution is 6.37. The molecule has 1 fully saturated rings. The van der Waals surface area contributed by atoms with E-state index in [0.717, 1.165) is 25.9 Å². The van der Waals surface area contributed by atoms with Crippen molar-refractivity contribution in [1.29, 1.82) is 0 Å². The lowest BCUT2D eigenvalue weighted by atomic mass is 9.99. The SMILES string of the molecule is C[C@H]1CCCN(C(=O)c2cc(Cl)c(O)c(Cl)c2)C1. The Bertz CT molecular complexity index is 453. The monoisotopic (exact) mass is 287 g/mol. The first-order valence-electron chi connectivity index (χ1n) is 5.96. The summed E-state index contributed by atoms with van der Waals surface area (Å²) >= 11 is 11.7. The molecule has 1 N–H and O–H groups in total. The summed E-state index contributed by atoms with van der Waals surface area (Å²) in [6.07, 6.45) is 2.17. The maximum absolute atomic E-state index is 12.3. The van der Waals surface area contributed by atoms with Gasteiger partial charge in [0.2, 0.25) is 0 Å². The van der Waals surface area contributed by atoms with Gasteiger partial charge >= 0.3 is 0 Å². The molecule has 1 heterocycles. The standard InChI is InChI=1S/C13H15Cl2NO2/c1-8-3-2-4-16(7-8)13(18)9-5-10(14)12(17)11(15)6-9/h5-6,8,17H,2-4,7H2,1H3/t8-/m0/s1. The van der Waals surface area contributed by atoms with Gasteiger partial charge in [-0.25, -0.2) is 0 Å². The average molecular weight is 288 g/mol. The fourth-order valence-electron chi connectivity index (χ4n) is 2.25. The molecule has 18 heavy (non-hydrogen) atoms. The molecule has 3 nitrogen and oxygen atoms in total. The Kier molecular flexibility index (Phi) is 4.03. The molecule has 1 aromatic rings. The third kappa shape index (κ3) is 2.73. The number of amides is 1. The normalized spacial score (nSPS) is 19.9. The zero-order valence-corrected chi connectivity index (χ0v) is 11.6. The number of benzene rings is 1. The lowest BCUT2D eigenvalue weighted by Crippen LogP contribution is -2.39. The first-order valence-corrected chi connectivity index (χ1v) is 6.72. The minimum atomic E-state index is -0.179. The van der Waals surface area contributed by atoms with E-state index in [9.17, 15) is 9.90 Å². The molecule has 1 amide bonds. The predicted molar refractivity (Wildman–Crippen MR) is 72.4 cm³/mol. The van der Waals surface area contributed by atoms with Gasteiger partial charge in [0.25, 0.3) is 5.91 Å². The van der Waals surface area contributed by atoms with Crippen LogP contribution >= 0.6 is 23.2 Å². The number of halogens is 2. The summed E-state index contributed by atoms with van der Waals surface area (Å²) in [5.74, 6) is 0.262. The van der Waals surface area contributed by atoms with Crippen molar-refractivity contribution in [1.82, 2.24) is 4.90 Å². The number of nitrogens with zero attached hydrogens (tertiary/aromatic N) is 1. The van der Waals surface area contributed by atoms with E-state index in [1.54, 1.807) is 0 Å². The number of hydrogen-bond acceptors (Lipinski definition) is 2. The van der Waals surface area contributed by atoms with Crippen molar-refractivity contribution in [3.63, 3.8) is 0 Å². The number of phenols is 1. The van der Waals surface area contributed by atoms with E-state index in [1.807, 2.05) is 4.90 Å². The van der Waals surface area contributed by atoms with E-state index in [0.29, 0.717) is 11.5 Å². The van der Waals surface area contributed by atoms with Gasteiger partial charge in [-0.05, 0) is 30.9 Å². The largest absolute Gasteiger partial charge is 0.505 e. The maximum atomic E-state index is 12.3. The summed E-state index contributed by atoms with van der Waals surface area (Å²) in [5.41, 5.74) is 0.428. The predicted octanol–water partition coefficient (Wildman–Crippen LogP) is 3.57. The second-order valence-corrected chi connectivity index (χ2v) is 5.60. The fourth-order valence-corrected chi connectivity index (χ4v) is 2.73. The van der Waals surface area contributed by atoms with Gasteiger partial charge in [-0.15, -0.1) is 0 Å². The molecule has 1 atom stereocenters. The summed E-state index contributed by atoms with van der Waals surface area (Å²) in [7, 11) is 0. The van der Waals surface area contributed by atoms with E-state index in [-0.39, 0.29) is 21.7 Å². The molecule has 5 heteroatoms. The molecule has 98 valence electrons. The van der Waals surface area contributed by atoms with Gasteiger partial charge in [-0.1, -0.05) is 30.1 Å². The molecule has 0 saturated carbocycles. The number of phenolic OH excluding ortho intramolecular Hbond substituents is 1. The molecule has 1 aliphatic heterocycles. The minimum Gasteiger partial charge on any atom is -0.505 e. The summed E-state index contributed by atoms with van der Waals surface area (Å²) < 4.78 is 0. The maximum Gasteiger partial charge on any atom is 0.253 e. The molecule has 1 aromatic carbocycles. The molecule has 1 saturated heterocycles. The first kappa shape index (κ1) is 13.5. The van der Waals surface area contributed by atoms with Crippen LogP contribution in [0, 0.1) is 5.92 Å². The van der Waals surface area contributed by atoms with Gasteiger partial charge in [0.15, 0.2) is 5.75 Å². The fraction of sp³-hybridized carbons (Fsp3) is 0.462. The number of likely N-dealkylation sites (tertiary alicyclic amines) is 1. The highest BCUT2D eigenvalue weighted by Crippen LogP contribution is 2.33. The van der Waals surface area contributed by atoms with Crippen molar-refractivity contribution in [2.75, 3.05) is 13.1 Å². The molecule has 0 aliphatic carbocycles. The van der Waals surface area contributed by atoms with Gasteiger partial charge in [0.1, 0.15) is 0 Å². The number of piperidine rings is 1. The molecule has 0 unspecified atom stereocenters. The smallest absolute Gasteiger partial charge is 0.253 e. The topological polar surface area (TPSA) is 40.5 Å². The third-order valence-electron chi connectivity index (χ3n) is 3.21. The molecule has 0 bridgehead atoms. The minimum absolute atomic E-state index is 0.0784. The van der Waals surface area contributed by atoms with Crippen LogP contribution < -0.4 is 0 Å². The number of carbonyl (C=O) groups is 1. The van der Waals surface area contributed by atoms with E-state index < -0.39 is 0 Å². The van der Waals surface area contributed by atoms with Crippen LogP contribution in [0.1, 0.15) is 30.1 Å². The van der Waals surface area contributed by atoms with Crippen LogP contribution in [0.2, 0.25) is 10.0 Å². The van der Waals surface area contributed by atoms with Gasteiger partial charge in [-0.2, -0.15) is 0 Å². The van der Waals surface area contributed by atoms with Gasteiger partial charge < -0.3 is 10.0 Å². The van der Waals surface area contributed by atoms with E-state index >= 15 is 0 Å². The van der Waals surface area contributed by atoms with Crippen molar-refractivity contribution in [2.24, 2.45) is 5.92 Å². The Labute approximate surface area is 116 Å². The second kappa shape index (κ2) is 5.37. The highest BCUT2D eigenvalue weighted by atomic mass is 35.5. The van der Waals surface area contributed by atoms with Crippen LogP contribution in [0.15, 0.2) is 12.1 Å². The number of rotatable bonds is 1. The number of hydrogen-bond donors (Lipinski definition) is 1. The van der Waals surface area contributed by atoms with Crippen molar-refractivity contribution in [3.8, 4) is 5.75 Å².